The fourth-order valence-electron chi connectivity index (χ4n) is 2.55. The number of benzene rings is 2. The zero-order valence-electron chi connectivity index (χ0n) is 13.9. The van der Waals surface area contributed by atoms with E-state index in [1.807, 2.05) is 0 Å². The minimum Gasteiger partial charge on any atom is -0.399 e. The summed E-state index contributed by atoms with van der Waals surface area (Å²) in [7, 11) is 1.29. The molecule has 0 aliphatic rings. The first kappa shape index (κ1) is 19.1. The molecule has 0 atom stereocenters. The van der Waals surface area contributed by atoms with E-state index in [1.54, 1.807) is 18.2 Å². The Hall–Kier alpha value is -2.70. The predicted molar refractivity (Wildman–Crippen MR) is 101 cm³/mol. The minimum atomic E-state index is -0.820. The summed E-state index contributed by atoms with van der Waals surface area (Å²) in [6.45, 7) is 0. The third-order valence-electron chi connectivity index (χ3n) is 3.73. The van der Waals surface area contributed by atoms with Crippen LogP contribution >= 0.6 is 23.2 Å². The molecule has 1 heterocycles. The normalized spacial score (nSPS) is 11.5. The second-order valence-electron chi connectivity index (χ2n) is 5.44. The Morgan fingerprint density at radius 2 is 1.78 bits per heavy atom. The smallest absolute Gasteiger partial charge is 0.255 e. The molecule has 0 aliphatic heterocycles. The van der Waals surface area contributed by atoms with Crippen molar-refractivity contribution in [3.05, 3.63) is 97.9 Å². The molecule has 0 aliphatic carbocycles. The van der Waals surface area contributed by atoms with E-state index in [2.05, 4.69) is 5.16 Å². The highest BCUT2D eigenvalue weighted by Gasteiger charge is 2.17. The van der Waals surface area contributed by atoms with E-state index in [4.69, 9.17) is 28.0 Å². The largest absolute Gasteiger partial charge is 0.399 e. The van der Waals surface area contributed by atoms with Gasteiger partial charge in [-0.05, 0) is 30.3 Å². The van der Waals surface area contributed by atoms with Crippen LogP contribution in [0.1, 0.15) is 11.1 Å². The number of hydrogen-bond acceptors (Lipinski definition) is 3. The number of hydrogen-bond donors (Lipinski definition) is 0. The maximum absolute atomic E-state index is 14.3. The van der Waals surface area contributed by atoms with E-state index in [0.29, 0.717) is 5.56 Å². The maximum atomic E-state index is 14.3. The average molecular weight is 409 g/mol. The van der Waals surface area contributed by atoms with Crippen LogP contribution < -0.4 is 5.56 Å². The molecule has 0 bridgehead atoms. The number of pyridine rings is 1. The lowest BCUT2D eigenvalue weighted by molar-refractivity contribution is 0.214. The summed E-state index contributed by atoms with van der Waals surface area (Å²) >= 11 is 12.4. The van der Waals surface area contributed by atoms with E-state index < -0.39 is 17.2 Å². The second-order valence-corrected chi connectivity index (χ2v) is 6.26. The summed E-state index contributed by atoms with van der Waals surface area (Å²) in [5.74, 6) is -1.54. The highest BCUT2D eigenvalue weighted by atomic mass is 35.5. The molecular weight excluding hydrogens is 397 g/mol. The molecule has 0 fully saturated rings. The topological polar surface area (TPSA) is 43.6 Å². The lowest BCUT2D eigenvalue weighted by atomic mass is 10.0. The molecule has 4 nitrogen and oxygen atoms in total. The van der Waals surface area contributed by atoms with Crippen molar-refractivity contribution in [2.24, 2.45) is 5.16 Å². The number of para-hydroxylation sites is 1. The van der Waals surface area contributed by atoms with Crippen LogP contribution in [0.4, 0.5) is 8.78 Å². The molecule has 0 spiro atoms. The van der Waals surface area contributed by atoms with Crippen LogP contribution in [0.25, 0.3) is 5.69 Å². The quantitative estimate of drug-likeness (QED) is 0.458. The molecule has 0 N–H and O–H groups in total. The van der Waals surface area contributed by atoms with Crippen LogP contribution in [0.2, 0.25) is 10.0 Å². The van der Waals surface area contributed by atoms with Crippen LogP contribution in [0.15, 0.2) is 64.7 Å². The Balaban J connectivity index is 2.22. The van der Waals surface area contributed by atoms with Gasteiger partial charge in [0.2, 0.25) is 0 Å². The Morgan fingerprint density at radius 1 is 1.07 bits per heavy atom. The van der Waals surface area contributed by atoms with Gasteiger partial charge in [0.25, 0.3) is 5.56 Å². The minimum absolute atomic E-state index is 0.00806. The van der Waals surface area contributed by atoms with Crippen LogP contribution in [0.3, 0.4) is 0 Å². The molecule has 0 unspecified atom stereocenters. The van der Waals surface area contributed by atoms with E-state index in [0.717, 1.165) is 12.1 Å². The van der Waals surface area contributed by atoms with Crippen LogP contribution in [0, 0.1) is 11.6 Å². The summed E-state index contributed by atoms with van der Waals surface area (Å²) < 4.78 is 28.7. The SMILES string of the molecule is CO/N=C(\c1ccc(=O)n(-c2c(Cl)cccc2Cl)c1)c1ccc(F)cc1F. The van der Waals surface area contributed by atoms with Gasteiger partial charge in [0.15, 0.2) is 0 Å². The summed E-state index contributed by atoms with van der Waals surface area (Å²) in [4.78, 5) is 17.2. The molecule has 8 heteroatoms. The fourth-order valence-corrected chi connectivity index (χ4v) is 3.13. The summed E-state index contributed by atoms with van der Waals surface area (Å²) in [5, 5.41) is 4.36. The molecule has 27 heavy (non-hydrogen) atoms. The Morgan fingerprint density at radius 3 is 2.41 bits per heavy atom. The molecule has 0 amide bonds. The zero-order chi connectivity index (χ0) is 19.6. The number of nitrogens with zero attached hydrogens (tertiary/aromatic N) is 2. The van der Waals surface area contributed by atoms with Crippen molar-refractivity contribution in [1.82, 2.24) is 4.57 Å². The van der Waals surface area contributed by atoms with Gasteiger partial charge in [0.05, 0.1) is 15.7 Å². The van der Waals surface area contributed by atoms with Crippen molar-refractivity contribution in [3.63, 3.8) is 0 Å². The first-order valence-electron chi connectivity index (χ1n) is 7.66. The molecule has 0 saturated heterocycles. The van der Waals surface area contributed by atoms with Crippen molar-refractivity contribution >= 4 is 28.9 Å². The van der Waals surface area contributed by atoms with Gasteiger partial charge in [-0.15, -0.1) is 0 Å². The molecule has 0 saturated carbocycles. The van der Waals surface area contributed by atoms with Gasteiger partial charge < -0.3 is 4.84 Å². The van der Waals surface area contributed by atoms with Gasteiger partial charge in [-0.3, -0.25) is 9.36 Å². The van der Waals surface area contributed by atoms with E-state index in [9.17, 15) is 13.6 Å². The lowest BCUT2D eigenvalue weighted by Crippen LogP contribution is -2.20. The monoisotopic (exact) mass is 408 g/mol. The fraction of sp³-hybridized carbons (Fsp3) is 0.0526. The average Bonchev–Trinajstić information content (AvgIpc) is 2.62. The Labute approximate surface area is 163 Å². The van der Waals surface area contributed by atoms with E-state index >= 15 is 0 Å². The van der Waals surface area contributed by atoms with Gasteiger partial charge in [-0.2, -0.15) is 0 Å². The number of rotatable bonds is 4. The van der Waals surface area contributed by atoms with E-state index in [-0.39, 0.29) is 27.0 Å². The molecule has 138 valence electrons. The third-order valence-corrected chi connectivity index (χ3v) is 4.34. The maximum Gasteiger partial charge on any atom is 0.255 e. The van der Waals surface area contributed by atoms with Crippen molar-refractivity contribution in [2.45, 2.75) is 0 Å². The Bertz CT molecular complexity index is 1080. The first-order chi connectivity index (χ1) is 12.9. The van der Waals surface area contributed by atoms with Crippen molar-refractivity contribution in [2.75, 3.05) is 7.11 Å². The molecule has 3 rings (SSSR count). The van der Waals surface area contributed by atoms with Crippen molar-refractivity contribution < 1.29 is 13.6 Å². The summed E-state index contributed by atoms with van der Waals surface area (Å²) in [6.07, 6.45) is 1.41. The molecule has 2 aromatic carbocycles. The van der Waals surface area contributed by atoms with Gasteiger partial charge >= 0.3 is 0 Å². The number of halogens is 4. The highest BCUT2D eigenvalue weighted by molar-refractivity contribution is 6.37. The lowest BCUT2D eigenvalue weighted by Gasteiger charge is -2.13. The standard InChI is InChI=1S/C19H12Cl2F2N2O2/c1-27-24-18(13-7-6-12(22)9-16(13)23)11-5-8-17(26)25(10-11)19-14(20)3-2-4-15(19)21/h2-10H,1H3/b24-18+. The second kappa shape index (κ2) is 7.90. The van der Waals surface area contributed by atoms with E-state index in [1.165, 1.54) is 36.1 Å². The number of oxime groups is 1. The Kier molecular flexibility index (Phi) is 5.58. The summed E-state index contributed by atoms with van der Waals surface area (Å²) in [5.41, 5.74) is 0.313. The molecule has 0 radical (unpaired) electrons. The van der Waals surface area contributed by atoms with Crippen LogP contribution in [-0.2, 0) is 4.84 Å². The van der Waals surface area contributed by atoms with Crippen LogP contribution in [0.5, 0.6) is 0 Å². The summed E-state index contributed by atoms with van der Waals surface area (Å²) in [6, 6.07) is 10.6. The third kappa shape index (κ3) is 3.86. The highest BCUT2D eigenvalue weighted by Crippen LogP contribution is 2.27. The molecular formula is C19H12Cl2F2N2O2. The van der Waals surface area contributed by atoms with Crippen molar-refractivity contribution in [3.8, 4) is 5.69 Å². The van der Waals surface area contributed by atoms with Crippen molar-refractivity contribution in [1.29, 1.82) is 0 Å². The predicted octanol–water partition coefficient (Wildman–Crippen LogP) is 4.82. The zero-order valence-corrected chi connectivity index (χ0v) is 15.4. The molecule has 3 aromatic rings. The first-order valence-corrected chi connectivity index (χ1v) is 8.42. The van der Waals surface area contributed by atoms with Gasteiger partial charge in [-0.25, -0.2) is 8.78 Å². The van der Waals surface area contributed by atoms with Crippen LogP contribution in [-0.4, -0.2) is 17.4 Å². The number of aromatic nitrogens is 1. The van der Waals surface area contributed by atoms with Gasteiger partial charge in [0, 0.05) is 29.5 Å². The van der Waals surface area contributed by atoms with Gasteiger partial charge in [-0.1, -0.05) is 34.4 Å². The molecule has 1 aromatic heterocycles. The van der Waals surface area contributed by atoms with Gasteiger partial charge in [0.1, 0.15) is 24.5 Å².